The van der Waals surface area contributed by atoms with E-state index in [1.165, 1.54) is 6.33 Å². The number of hydrogen-bond acceptors (Lipinski definition) is 7. The van der Waals surface area contributed by atoms with Crippen LogP contribution in [0.25, 0.3) is 11.2 Å². The third-order valence-electron chi connectivity index (χ3n) is 4.84. The lowest BCUT2D eigenvalue weighted by Crippen LogP contribution is -2.41. The van der Waals surface area contributed by atoms with E-state index in [2.05, 4.69) is 21.9 Å². The lowest BCUT2D eigenvalue weighted by Gasteiger charge is -2.32. The predicted octanol–water partition coefficient (Wildman–Crippen LogP) is -0.315. The van der Waals surface area contributed by atoms with Crippen molar-refractivity contribution in [2.24, 2.45) is 11.8 Å². The molecule has 0 amide bonds. The first-order valence-electron chi connectivity index (χ1n) is 6.97. The lowest BCUT2D eigenvalue weighted by molar-refractivity contribution is -0.147. The molecular weight excluding hydrogens is 274 g/mol. The zero-order valence-electron chi connectivity index (χ0n) is 11.5. The Morgan fingerprint density at radius 3 is 3.00 bits per heavy atom. The Morgan fingerprint density at radius 2 is 2.29 bits per heavy atom. The van der Waals surface area contributed by atoms with Crippen molar-refractivity contribution in [2.75, 3.05) is 12.3 Å². The highest BCUT2D eigenvalue weighted by Gasteiger charge is 2.63. The number of nitrogen functional groups attached to an aromatic ring is 1. The van der Waals surface area contributed by atoms with Crippen LogP contribution in [-0.2, 0) is 4.74 Å². The van der Waals surface area contributed by atoms with Crippen LogP contribution >= 0.6 is 0 Å². The number of hydrogen-bond donors (Lipinski definition) is 3. The first-order valence-corrected chi connectivity index (χ1v) is 6.97. The number of nitrogens with zero attached hydrogens (tertiary/aromatic N) is 4. The van der Waals surface area contributed by atoms with Crippen molar-refractivity contribution in [3.63, 3.8) is 0 Å². The molecule has 1 aliphatic carbocycles. The van der Waals surface area contributed by atoms with Crippen LogP contribution < -0.4 is 5.73 Å². The van der Waals surface area contributed by atoms with Gasteiger partial charge >= 0.3 is 0 Å². The molecule has 2 fully saturated rings. The summed E-state index contributed by atoms with van der Waals surface area (Å²) in [6.45, 7) is 1.86. The van der Waals surface area contributed by atoms with Gasteiger partial charge in [-0.05, 0) is 12.3 Å². The largest absolute Gasteiger partial charge is 0.393 e. The topological polar surface area (TPSA) is 119 Å². The van der Waals surface area contributed by atoms with Gasteiger partial charge in [0.15, 0.2) is 11.5 Å². The molecule has 3 heterocycles. The van der Waals surface area contributed by atoms with E-state index < -0.39 is 17.9 Å². The number of imidazole rings is 1. The fourth-order valence-electron chi connectivity index (χ4n) is 3.83. The zero-order chi connectivity index (χ0) is 14.8. The van der Waals surface area contributed by atoms with Gasteiger partial charge in [-0.25, -0.2) is 15.0 Å². The number of rotatable bonds is 2. The molecule has 0 unspecified atom stereocenters. The van der Waals surface area contributed by atoms with Gasteiger partial charge in [0, 0.05) is 5.92 Å². The molecule has 0 spiro atoms. The molecule has 112 valence electrons. The maximum atomic E-state index is 10.5. The monoisotopic (exact) mass is 291 g/mol. The van der Waals surface area contributed by atoms with Gasteiger partial charge in [-0.2, -0.15) is 0 Å². The van der Waals surface area contributed by atoms with Crippen LogP contribution in [0.3, 0.4) is 0 Å². The van der Waals surface area contributed by atoms with E-state index in [0.29, 0.717) is 23.4 Å². The second-order valence-electron chi connectivity index (χ2n) is 6.02. The Hall–Kier alpha value is -1.77. The average molecular weight is 291 g/mol. The average Bonchev–Trinajstić information content (AvgIpc) is 3.08. The van der Waals surface area contributed by atoms with Crippen LogP contribution in [0.1, 0.15) is 19.6 Å². The molecule has 1 saturated heterocycles. The van der Waals surface area contributed by atoms with Gasteiger partial charge in [0.25, 0.3) is 0 Å². The lowest BCUT2D eigenvalue weighted by atomic mass is 9.95. The second-order valence-corrected chi connectivity index (χ2v) is 6.02. The molecule has 4 rings (SSSR count). The van der Waals surface area contributed by atoms with Gasteiger partial charge < -0.3 is 20.7 Å². The highest BCUT2D eigenvalue weighted by molar-refractivity contribution is 5.81. The Morgan fingerprint density at radius 1 is 1.48 bits per heavy atom. The molecule has 0 radical (unpaired) electrons. The summed E-state index contributed by atoms with van der Waals surface area (Å²) in [5.41, 5.74) is 6.00. The van der Waals surface area contributed by atoms with Gasteiger partial charge in [-0.3, -0.25) is 4.57 Å². The molecule has 2 aromatic rings. The number of ether oxygens (including phenoxy) is 1. The molecule has 8 nitrogen and oxygen atoms in total. The number of aromatic nitrogens is 4. The van der Waals surface area contributed by atoms with Crippen LogP contribution in [0.5, 0.6) is 0 Å². The van der Waals surface area contributed by atoms with Gasteiger partial charge in [0.2, 0.25) is 0 Å². The molecule has 2 aromatic heterocycles. The normalized spacial score (nSPS) is 38.4. The standard InChI is InChI=1S/C13H17N5O3/c1-6-2-13(3-19)9(20)7(6)12(21-13)18-5-17-8-10(14)15-4-16-11(8)18/h4-7,9,12,19-20H,2-3H2,1H3,(H2,14,15,16)/t6-,7-,9+,12-,13-/m1/s1. The summed E-state index contributed by atoms with van der Waals surface area (Å²) >= 11 is 0. The van der Waals surface area contributed by atoms with Crippen LogP contribution in [0.2, 0.25) is 0 Å². The molecule has 2 bridgehead atoms. The van der Waals surface area contributed by atoms with Gasteiger partial charge in [0.1, 0.15) is 23.7 Å². The number of anilines is 1. The molecule has 4 N–H and O–H groups in total. The summed E-state index contributed by atoms with van der Waals surface area (Å²) in [4.78, 5) is 12.4. The first-order chi connectivity index (χ1) is 10.1. The third kappa shape index (κ3) is 1.52. The third-order valence-corrected chi connectivity index (χ3v) is 4.84. The van der Waals surface area contributed by atoms with E-state index in [1.54, 1.807) is 10.9 Å². The van der Waals surface area contributed by atoms with Crippen LogP contribution in [-0.4, -0.2) is 48.0 Å². The molecule has 1 aliphatic heterocycles. The molecule has 2 aliphatic rings. The minimum Gasteiger partial charge on any atom is -0.393 e. The van der Waals surface area contributed by atoms with Gasteiger partial charge in [-0.15, -0.1) is 0 Å². The molecule has 1 saturated carbocycles. The van der Waals surface area contributed by atoms with Crippen molar-refractivity contribution < 1.29 is 14.9 Å². The van der Waals surface area contributed by atoms with E-state index in [9.17, 15) is 10.2 Å². The minimum atomic E-state index is -0.885. The summed E-state index contributed by atoms with van der Waals surface area (Å²) in [5, 5.41) is 20.1. The maximum Gasteiger partial charge on any atom is 0.167 e. The minimum absolute atomic E-state index is 0.106. The first kappa shape index (κ1) is 12.9. The Labute approximate surface area is 120 Å². The van der Waals surface area contributed by atoms with Crippen molar-refractivity contribution >= 4 is 17.0 Å². The summed E-state index contributed by atoms with van der Waals surface area (Å²) in [6.07, 6.45) is 2.53. The summed E-state index contributed by atoms with van der Waals surface area (Å²) in [6, 6.07) is 0. The summed E-state index contributed by atoms with van der Waals surface area (Å²) in [7, 11) is 0. The second kappa shape index (κ2) is 4.12. The molecule has 8 heteroatoms. The van der Waals surface area contributed by atoms with Crippen LogP contribution in [0, 0.1) is 11.8 Å². The fraction of sp³-hybridized carbons (Fsp3) is 0.615. The van der Waals surface area contributed by atoms with Crippen molar-refractivity contribution in [1.29, 1.82) is 0 Å². The van der Waals surface area contributed by atoms with E-state index in [1.807, 2.05) is 0 Å². The van der Waals surface area contributed by atoms with Crippen molar-refractivity contribution in [1.82, 2.24) is 19.5 Å². The van der Waals surface area contributed by atoms with E-state index in [0.717, 1.165) is 0 Å². The number of nitrogens with two attached hydrogens (primary N) is 1. The van der Waals surface area contributed by atoms with Gasteiger partial charge in [-0.1, -0.05) is 6.92 Å². The van der Waals surface area contributed by atoms with E-state index >= 15 is 0 Å². The summed E-state index contributed by atoms with van der Waals surface area (Å²) < 4.78 is 7.77. The molecule has 0 aromatic carbocycles. The fourth-order valence-corrected chi connectivity index (χ4v) is 3.83. The van der Waals surface area contributed by atoms with Crippen molar-refractivity contribution in [2.45, 2.75) is 31.3 Å². The Kier molecular flexibility index (Phi) is 2.54. The van der Waals surface area contributed by atoms with Crippen LogP contribution in [0.4, 0.5) is 5.82 Å². The van der Waals surface area contributed by atoms with Crippen molar-refractivity contribution in [3.05, 3.63) is 12.7 Å². The maximum absolute atomic E-state index is 10.5. The molecular formula is C13H17N5O3. The number of fused-ring (bicyclic) bond motifs is 3. The predicted molar refractivity (Wildman–Crippen MR) is 73.0 cm³/mol. The Bertz CT molecular complexity index is 704. The number of aliphatic hydroxyl groups excluding tert-OH is 2. The smallest absolute Gasteiger partial charge is 0.167 e. The highest BCUT2D eigenvalue weighted by atomic mass is 16.6. The van der Waals surface area contributed by atoms with E-state index in [4.69, 9.17) is 10.5 Å². The SMILES string of the molecule is C[C@@H]1C[C@]2(CO)O[C@@H](n3cnc4c(N)ncnc43)[C@H]1[C@@H]2O. The van der Waals surface area contributed by atoms with E-state index in [-0.39, 0.29) is 18.4 Å². The van der Waals surface area contributed by atoms with Crippen LogP contribution in [0.15, 0.2) is 12.7 Å². The number of aliphatic hydroxyl groups is 2. The Balaban J connectivity index is 1.82. The quantitative estimate of drug-likeness (QED) is 0.694. The zero-order valence-corrected chi connectivity index (χ0v) is 11.5. The van der Waals surface area contributed by atoms with Gasteiger partial charge in [0.05, 0.1) is 19.0 Å². The molecule has 21 heavy (non-hydrogen) atoms. The molecule has 5 atom stereocenters. The van der Waals surface area contributed by atoms with Crippen molar-refractivity contribution in [3.8, 4) is 0 Å². The highest BCUT2D eigenvalue weighted by Crippen LogP contribution is 2.55. The summed E-state index contributed by atoms with van der Waals surface area (Å²) in [5.74, 6) is 0.445.